The van der Waals surface area contributed by atoms with Gasteiger partial charge in [0.25, 0.3) is 5.56 Å². The first-order chi connectivity index (χ1) is 15.9. The second-order valence-corrected chi connectivity index (χ2v) is 12.4. The zero-order valence-electron chi connectivity index (χ0n) is 19.1. The van der Waals surface area contributed by atoms with Gasteiger partial charge in [0.2, 0.25) is 5.95 Å². The van der Waals surface area contributed by atoms with Crippen molar-refractivity contribution in [2.75, 3.05) is 24.7 Å². The predicted molar refractivity (Wildman–Crippen MR) is 124 cm³/mol. The second-order valence-electron chi connectivity index (χ2n) is 7.79. The Morgan fingerprint density at radius 1 is 1.53 bits per heavy atom. The fourth-order valence-electron chi connectivity index (χ4n) is 3.50. The highest BCUT2D eigenvalue weighted by Crippen LogP contribution is 2.56. The number of H-pyrrole nitrogens is 1. The Morgan fingerprint density at radius 3 is 2.88 bits per heavy atom. The van der Waals surface area contributed by atoms with E-state index in [0.29, 0.717) is 5.75 Å². The van der Waals surface area contributed by atoms with E-state index in [1.807, 2.05) is 0 Å². The van der Waals surface area contributed by atoms with Crippen molar-refractivity contribution in [2.24, 2.45) is 0 Å². The minimum Gasteiger partial charge on any atom is -0.465 e. The quantitative estimate of drug-likeness (QED) is 0.209. The van der Waals surface area contributed by atoms with E-state index in [-0.39, 0.29) is 30.3 Å². The maximum absolute atomic E-state index is 13.3. The predicted octanol–water partition coefficient (Wildman–Crippen LogP) is 0.130. The van der Waals surface area contributed by atoms with Crippen molar-refractivity contribution in [3.8, 4) is 0 Å². The molecule has 0 saturated carbocycles. The van der Waals surface area contributed by atoms with Crippen molar-refractivity contribution in [2.45, 2.75) is 57.8 Å². The number of aromatic amines is 1. The molecule has 1 fully saturated rings. The van der Waals surface area contributed by atoms with Crippen LogP contribution in [0.4, 0.5) is 5.95 Å². The van der Waals surface area contributed by atoms with E-state index < -0.39 is 48.3 Å². The summed E-state index contributed by atoms with van der Waals surface area (Å²) in [6, 6.07) is -0.901. The number of nitrogen functional groups attached to an aromatic ring is 1. The second kappa shape index (κ2) is 10.3. The number of nitrogens with zero attached hydrogens (tertiary/aromatic N) is 3. The molecule has 0 aliphatic carbocycles. The molecule has 0 radical (unpaired) electrons. The largest absolute Gasteiger partial charge is 0.465 e. The van der Waals surface area contributed by atoms with Crippen molar-refractivity contribution >= 4 is 41.2 Å². The van der Waals surface area contributed by atoms with Gasteiger partial charge in [-0.2, -0.15) is 4.98 Å². The zero-order valence-corrected chi connectivity index (χ0v) is 20.8. The molecule has 16 heteroatoms. The van der Waals surface area contributed by atoms with Crippen LogP contribution in [-0.4, -0.2) is 78.5 Å². The number of aliphatic hydroxyl groups excluding tert-OH is 1. The number of imidazole rings is 1. The van der Waals surface area contributed by atoms with Crippen LogP contribution in [0, 0.1) is 0 Å². The number of carbonyl (C=O) groups excluding carboxylic acids is 1. The van der Waals surface area contributed by atoms with Gasteiger partial charge in [-0.05, 0) is 20.8 Å². The maximum Gasteiger partial charge on any atom is 0.327 e. The Morgan fingerprint density at radius 2 is 2.24 bits per heavy atom. The lowest BCUT2D eigenvalue weighted by Crippen LogP contribution is -2.44. The van der Waals surface area contributed by atoms with Crippen LogP contribution < -0.4 is 16.4 Å². The van der Waals surface area contributed by atoms with E-state index in [0.717, 1.165) is 11.4 Å². The minimum atomic E-state index is -3.61. The van der Waals surface area contributed by atoms with Gasteiger partial charge in [-0.3, -0.25) is 23.7 Å². The molecule has 190 valence electrons. The monoisotopic (exact) mass is 520 g/mol. The number of carbonyl (C=O) groups is 1. The number of nitrogens with one attached hydrogen (secondary N) is 2. The number of anilines is 1. The normalized spacial score (nSPS) is 27.5. The summed E-state index contributed by atoms with van der Waals surface area (Å²) in [6.07, 6.45) is -2.54. The van der Waals surface area contributed by atoms with Gasteiger partial charge in [-0.1, -0.05) is 18.3 Å². The first-order valence-corrected chi connectivity index (χ1v) is 13.8. The summed E-state index contributed by atoms with van der Waals surface area (Å²) < 4.78 is 30.9. The Hall–Kier alpha value is -2.00. The Labute approximate surface area is 198 Å². The summed E-state index contributed by atoms with van der Waals surface area (Å²) in [6.45, 7) is 2.46. The third-order valence-corrected chi connectivity index (χ3v) is 9.38. The van der Waals surface area contributed by atoms with Crippen LogP contribution in [0.25, 0.3) is 11.2 Å². The molecular weight excluding hydrogens is 491 g/mol. The Kier molecular flexibility index (Phi) is 8.07. The standard InChI is InChI=1S/C18H29N6O8PS/c1-5-30-15(27)9(3)23-33(29,34-6-2)31-7-10-12(25)18(4,28)16(32-10)24-8-20-11-13(24)21-17(19)22-14(11)26/h8-10,12,16,25,28H,5-7H2,1-4H3,(H,23,29)(H3,19,21,22,26)/t9?,10-,12-,16-,18-,33?/m1/s1. The molecular formula is C18H29N6O8PS. The van der Waals surface area contributed by atoms with Gasteiger partial charge in [0, 0.05) is 5.75 Å². The summed E-state index contributed by atoms with van der Waals surface area (Å²) in [4.78, 5) is 34.4. The van der Waals surface area contributed by atoms with E-state index in [1.165, 1.54) is 24.7 Å². The molecule has 2 aromatic rings. The first kappa shape index (κ1) is 26.6. The fraction of sp³-hybridized carbons (Fsp3) is 0.667. The van der Waals surface area contributed by atoms with Gasteiger partial charge in [-0.15, -0.1) is 0 Å². The molecule has 34 heavy (non-hydrogen) atoms. The highest BCUT2D eigenvalue weighted by atomic mass is 32.7. The molecule has 6 N–H and O–H groups in total. The van der Waals surface area contributed by atoms with E-state index in [4.69, 9.17) is 19.7 Å². The van der Waals surface area contributed by atoms with E-state index in [1.54, 1.807) is 13.8 Å². The molecule has 0 amide bonds. The lowest BCUT2D eigenvalue weighted by Gasteiger charge is -2.27. The van der Waals surface area contributed by atoms with Crippen LogP contribution in [0.2, 0.25) is 0 Å². The van der Waals surface area contributed by atoms with Gasteiger partial charge in [0.15, 0.2) is 17.4 Å². The number of esters is 1. The van der Waals surface area contributed by atoms with E-state index in [9.17, 15) is 24.4 Å². The van der Waals surface area contributed by atoms with Crippen molar-refractivity contribution in [3.63, 3.8) is 0 Å². The fourth-order valence-corrected chi connectivity index (χ4v) is 7.11. The third kappa shape index (κ3) is 5.30. The summed E-state index contributed by atoms with van der Waals surface area (Å²) in [5, 5.41) is 24.4. The molecule has 3 rings (SSSR count). The lowest BCUT2D eigenvalue weighted by molar-refractivity contribution is -0.144. The Bertz CT molecular complexity index is 1140. The Balaban J connectivity index is 1.79. The molecule has 0 aromatic carbocycles. The number of aliphatic hydroxyl groups is 2. The number of rotatable bonds is 10. The molecule has 6 atom stereocenters. The molecule has 0 bridgehead atoms. The smallest absolute Gasteiger partial charge is 0.327 e. The number of nitrogens with two attached hydrogens (primary N) is 1. The van der Waals surface area contributed by atoms with Gasteiger partial charge >= 0.3 is 12.7 Å². The van der Waals surface area contributed by atoms with Crippen LogP contribution in [0.1, 0.15) is 33.9 Å². The summed E-state index contributed by atoms with van der Waals surface area (Å²) >= 11 is 0.968. The minimum absolute atomic E-state index is 0.0243. The molecule has 3 heterocycles. The molecule has 1 saturated heterocycles. The number of ether oxygens (including phenoxy) is 2. The highest BCUT2D eigenvalue weighted by Gasteiger charge is 2.54. The molecule has 14 nitrogen and oxygen atoms in total. The molecule has 2 unspecified atom stereocenters. The lowest BCUT2D eigenvalue weighted by atomic mass is 9.96. The van der Waals surface area contributed by atoms with Gasteiger partial charge in [-0.25, -0.2) is 10.1 Å². The third-order valence-electron chi connectivity index (χ3n) is 5.16. The maximum atomic E-state index is 13.3. The van der Waals surface area contributed by atoms with Gasteiger partial charge < -0.3 is 29.9 Å². The average molecular weight is 521 g/mol. The number of hydrogen-bond acceptors (Lipinski definition) is 12. The topological polar surface area (TPSA) is 204 Å². The van der Waals surface area contributed by atoms with Crippen LogP contribution in [-0.2, 0) is 23.4 Å². The molecule has 2 aromatic heterocycles. The van der Waals surface area contributed by atoms with Crippen molar-refractivity contribution < 1.29 is 33.6 Å². The number of fused-ring (bicyclic) bond motifs is 1. The van der Waals surface area contributed by atoms with Crippen molar-refractivity contribution in [1.82, 2.24) is 24.6 Å². The van der Waals surface area contributed by atoms with Gasteiger partial charge in [0.05, 0.1) is 19.5 Å². The van der Waals surface area contributed by atoms with E-state index >= 15 is 0 Å². The average Bonchev–Trinajstić information content (AvgIpc) is 3.26. The zero-order chi connectivity index (χ0) is 25.3. The van der Waals surface area contributed by atoms with Crippen LogP contribution in [0.3, 0.4) is 0 Å². The van der Waals surface area contributed by atoms with Crippen LogP contribution >= 0.6 is 18.1 Å². The van der Waals surface area contributed by atoms with Crippen molar-refractivity contribution in [1.29, 1.82) is 0 Å². The molecule has 1 aliphatic rings. The SMILES string of the molecule is CCOC(=O)C(C)NP(=O)(OC[C@H]1O[C@@H](n2cnc3c(=O)[nH]c(N)nc32)[C@](C)(O)[C@@H]1O)SCC. The van der Waals surface area contributed by atoms with Crippen molar-refractivity contribution in [3.05, 3.63) is 16.7 Å². The van der Waals surface area contributed by atoms with Crippen LogP contribution in [0.15, 0.2) is 11.1 Å². The van der Waals surface area contributed by atoms with Gasteiger partial charge in [0.1, 0.15) is 23.9 Å². The summed E-state index contributed by atoms with van der Waals surface area (Å²) in [5.74, 6) is -0.328. The van der Waals surface area contributed by atoms with Crippen LogP contribution in [0.5, 0.6) is 0 Å². The van der Waals surface area contributed by atoms with E-state index in [2.05, 4.69) is 20.0 Å². The molecule has 1 aliphatic heterocycles. The number of aromatic nitrogens is 4. The first-order valence-electron chi connectivity index (χ1n) is 10.5. The molecule has 0 spiro atoms. The summed E-state index contributed by atoms with van der Waals surface area (Å²) in [7, 11) is 0. The highest BCUT2D eigenvalue weighted by molar-refractivity contribution is 8.56. The summed E-state index contributed by atoms with van der Waals surface area (Å²) in [5.41, 5.74) is 3.23. The number of hydrogen-bond donors (Lipinski definition) is 5.